The first-order valence-electron chi connectivity index (χ1n) is 9.55. The molecule has 0 unspecified atom stereocenters. The summed E-state index contributed by atoms with van der Waals surface area (Å²) in [7, 11) is 1.52. The quantitative estimate of drug-likeness (QED) is 0.516. The van der Waals surface area contributed by atoms with E-state index in [2.05, 4.69) is 25.4 Å². The second kappa shape index (κ2) is 7.65. The average molecular weight is 430 g/mol. The smallest absolute Gasteiger partial charge is 0.249 e. The lowest BCUT2D eigenvalue weighted by molar-refractivity contribution is 0.160. The molecule has 31 heavy (non-hydrogen) atoms. The number of nitrogens with zero attached hydrogens (tertiary/aromatic N) is 5. The number of anilines is 1. The molecule has 0 amide bonds. The summed E-state index contributed by atoms with van der Waals surface area (Å²) in [5.41, 5.74) is 1.08. The first-order valence-corrected chi connectivity index (χ1v) is 9.55. The minimum Gasteiger partial charge on any atom is -0.418 e. The lowest BCUT2D eigenvalue weighted by Gasteiger charge is -2.25. The molecule has 0 bridgehead atoms. The van der Waals surface area contributed by atoms with E-state index in [-0.39, 0.29) is 31.0 Å². The fourth-order valence-electron chi connectivity index (χ4n) is 3.86. The monoisotopic (exact) mass is 430 g/mol. The number of pyridine rings is 1. The second-order valence-corrected chi connectivity index (χ2v) is 7.27. The lowest BCUT2D eigenvalue weighted by atomic mass is 10.0. The van der Waals surface area contributed by atoms with Crippen molar-refractivity contribution < 1.29 is 22.3 Å². The Balaban J connectivity index is 1.56. The summed E-state index contributed by atoms with van der Waals surface area (Å²) in [6.45, 7) is 0.162. The maximum atomic E-state index is 14.4. The van der Waals surface area contributed by atoms with Crippen LogP contribution in [-0.4, -0.2) is 45.2 Å². The van der Waals surface area contributed by atoms with Crippen LogP contribution in [0.15, 0.2) is 34.9 Å². The van der Waals surface area contributed by atoms with Gasteiger partial charge in [-0.15, -0.1) is 10.2 Å². The fourth-order valence-corrected chi connectivity index (χ4v) is 3.86. The highest BCUT2D eigenvalue weighted by Gasteiger charge is 2.37. The van der Waals surface area contributed by atoms with Crippen molar-refractivity contribution in [2.75, 3.05) is 18.6 Å². The largest absolute Gasteiger partial charge is 0.418 e. The maximum Gasteiger partial charge on any atom is 0.249 e. The molecule has 0 saturated carbocycles. The summed E-state index contributed by atoms with van der Waals surface area (Å²) in [5, 5.41) is 15.5. The van der Waals surface area contributed by atoms with E-state index in [0.717, 1.165) is 18.2 Å². The number of rotatable bonds is 5. The SMILES string of the molecule is COCc1nnc(-c2cnc3[nH]nc(N4C[C@@H](F)C[C@@H]4c4cc(F)ccc4F)c3c2)o1. The van der Waals surface area contributed by atoms with Crippen LogP contribution in [0.2, 0.25) is 0 Å². The number of aromatic nitrogens is 5. The Labute approximate surface area is 174 Å². The number of nitrogens with one attached hydrogen (secondary N) is 1. The molecule has 1 fully saturated rings. The number of methoxy groups -OCH3 is 1. The predicted octanol–water partition coefficient (Wildman–Crippen LogP) is 3.72. The van der Waals surface area contributed by atoms with Gasteiger partial charge in [-0.3, -0.25) is 5.10 Å². The van der Waals surface area contributed by atoms with Crippen LogP contribution in [0.5, 0.6) is 0 Å². The molecule has 0 spiro atoms. The topological polar surface area (TPSA) is 93.0 Å². The van der Waals surface area contributed by atoms with Crippen molar-refractivity contribution in [2.24, 2.45) is 0 Å². The van der Waals surface area contributed by atoms with Crippen LogP contribution >= 0.6 is 0 Å². The van der Waals surface area contributed by atoms with Crippen molar-refractivity contribution in [3.8, 4) is 11.5 Å². The van der Waals surface area contributed by atoms with Gasteiger partial charge >= 0.3 is 0 Å². The van der Waals surface area contributed by atoms with E-state index in [4.69, 9.17) is 9.15 Å². The average Bonchev–Trinajstić information content (AvgIpc) is 3.47. The number of halogens is 3. The zero-order chi connectivity index (χ0) is 21.5. The zero-order valence-corrected chi connectivity index (χ0v) is 16.3. The minimum atomic E-state index is -1.22. The van der Waals surface area contributed by atoms with Gasteiger partial charge in [-0.05, 0) is 24.3 Å². The molecule has 4 aromatic rings. The summed E-state index contributed by atoms with van der Waals surface area (Å²) in [6, 6.07) is 4.20. The molecule has 4 heterocycles. The van der Waals surface area contributed by atoms with Crippen molar-refractivity contribution in [3.63, 3.8) is 0 Å². The molecular weight excluding hydrogens is 413 g/mol. The van der Waals surface area contributed by atoms with Crippen molar-refractivity contribution in [3.05, 3.63) is 53.6 Å². The number of ether oxygens (including phenoxy) is 1. The summed E-state index contributed by atoms with van der Waals surface area (Å²) in [6.07, 6.45) is 0.342. The van der Waals surface area contributed by atoms with E-state index in [0.29, 0.717) is 28.3 Å². The lowest BCUT2D eigenvalue weighted by Crippen LogP contribution is -2.25. The summed E-state index contributed by atoms with van der Waals surface area (Å²) >= 11 is 0. The highest BCUT2D eigenvalue weighted by molar-refractivity contribution is 5.90. The molecule has 8 nitrogen and oxygen atoms in total. The van der Waals surface area contributed by atoms with Gasteiger partial charge in [0.2, 0.25) is 11.8 Å². The first-order chi connectivity index (χ1) is 15.0. The van der Waals surface area contributed by atoms with E-state index in [1.807, 2.05) is 0 Å². The number of hydrogen-bond donors (Lipinski definition) is 1. The van der Waals surface area contributed by atoms with E-state index in [1.165, 1.54) is 7.11 Å². The van der Waals surface area contributed by atoms with Gasteiger partial charge in [0.15, 0.2) is 11.5 Å². The highest BCUT2D eigenvalue weighted by Crippen LogP contribution is 2.40. The predicted molar refractivity (Wildman–Crippen MR) is 104 cm³/mol. The molecule has 0 radical (unpaired) electrons. The molecule has 1 aliphatic rings. The van der Waals surface area contributed by atoms with Gasteiger partial charge < -0.3 is 14.1 Å². The first kappa shape index (κ1) is 19.5. The Morgan fingerprint density at radius 2 is 2.13 bits per heavy atom. The summed E-state index contributed by atoms with van der Waals surface area (Å²) in [5.74, 6) is -0.245. The summed E-state index contributed by atoms with van der Waals surface area (Å²) < 4.78 is 53.1. The molecule has 3 aromatic heterocycles. The van der Waals surface area contributed by atoms with Crippen molar-refractivity contribution in [1.82, 2.24) is 25.4 Å². The third-order valence-electron chi connectivity index (χ3n) is 5.22. The molecule has 0 aliphatic carbocycles. The maximum absolute atomic E-state index is 14.4. The standard InChI is InChI=1S/C20H17F3N6O2/c1-30-9-17-25-28-20(31-17)10-4-14-18(24-7-10)26-27-19(14)29-8-12(22)6-16(29)13-5-11(21)2-3-15(13)23/h2-5,7,12,16H,6,8-9H2,1H3,(H,24,26,27)/t12-,16+/m0/s1. The number of fused-ring (bicyclic) bond motifs is 1. The van der Waals surface area contributed by atoms with Crippen molar-refractivity contribution in [1.29, 1.82) is 0 Å². The Morgan fingerprint density at radius 1 is 1.26 bits per heavy atom. The Kier molecular flexibility index (Phi) is 4.81. The zero-order valence-electron chi connectivity index (χ0n) is 16.3. The molecule has 1 aromatic carbocycles. The third kappa shape index (κ3) is 3.50. The fraction of sp³-hybridized carbons (Fsp3) is 0.300. The van der Waals surface area contributed by atoms with Crippen LogP contribution in [-0.2, 0) is 11.3 Å². The van der Waals surface area contributed by atoms with Gasteiger partial charge in [0.05, 0.1) is 23.5 Å². The molecule has 5 rings (SSSR count). The van der Waals surface area contributed by atoms with Crippen LogP contribution in [0.25, 0.3) is 22.5 Å². The number of H-pyrrole nitrogens is 1. The second-order valence-electron chi connectivity index (χ2n) is 7.27. The van der Waals surface area contributed by atoms with Crippen LogP contribution in [0, 0.1) is 11.6 Å². The van der Waals surface area contributed by atoms with Gasteiger partial charge in [0, 0.05) is 25.3 Å². The molecule has 11 heteroatoms. The molecule has 1 saturated heterocycles. The van der Waals surface area contributed by atoms with E-state index in [9.17, 15) is 13.2 Å². The van der Waals surface area contributed by atoms with E-state index < -0.39 is 23.8 Å². The molecule has 2 atom stereocenters. The number of hydrogen-bond acceptors (Lipinski definition) is 7. The van der Waals surface area contributed by atoms with Crippen molar-refractivity contribution >= 4 is 16.9 Å². The molecular formula is C20H17F3N6O2. The number of alkyl halides is 1. The Bertz CT molecular complexity index is 1240. The minimum absolute atomic E-state index is 0.0106. The number of aromatic amines is 1. The van der Waals surface area contributed by atoms with Gasteiger partial charge in [-0.1, -0.05) is 0 Å². The molecule has 1 aliphatic heterocycles. The van der Waals surface area contributed by atoms with Gasteiger partial charge in [0.1, 0.15) is 24.4 Å². The Morgan fingerprint density at radius 3 is 2.97 bits per heavy atom. The van der Waals surface area contributed by atoms with Crippen LogP contribution < -0.4 is 4.90 Å². The van der Waals surface area contributed by atoms with E-state index in [1.54, 1.807) is 17.2 Å². The third-order valence-corrected chi connectivity index (χ3v) is 5.22. The van der Waals surface area contributed by atoms with Crippen LogP contribution in [0.4, 0.5) is 19.0 Å². The van der Waals surface area contributed by atoms with Gasteiger partial charge in [-0.25, -0.2) is 18.2 Å². The van der Waals surface area contributed by atoms with Crippen LogP contribution in [0.1, 0.15) is 23.9 Å². The highest BCUT2D eigenvalue weighted by atomic mass is 19.1. The molecule has 160 valence electrons. The van der Waals surface area contributed by atoms with Gasteiger partial charge in [-0.2, -0.15) is 5.10 Å². The number of benzene rings is 1. The van der Waals surface area contributed by atoms with Crippen LogP contribution in [0.3, 0.4) is 0 Å². The van der Waals surface area contributed by atoms with Crippen molar-refractivity contribution in [2.45, 2.75) is 25.2 Å². The van der Waals surface area contributed by atoms with E-state index >= 15 is 0 Å². The summed E-state index contributed by atoms with van der Waals surface area (Å²) in [4.78, 5) is 5.94. The Hall–Kier alpha value is -3.47. The normalized spacial score (nSPS) is 18.9. The van der Waals surface area contributed by atoms with Gasteiger partial charge in [0.25, 0.3) is 0 Å². The molecule has 1 N–H and O–H groups in total.